The lowest BCUT2D eigenvalue weighted by Crippen LogP contribution is -2.24. The van der Waals surface area contributed by atoms with Gasteiger partial charge in [-0.15, -0.1) is 0 Å². The number of nitrogens with one attached hydrogen (secondary N) is 1. The zero-order valence-corrected chi connectivity index (χ0v) is 7.23. The highest BCUT2D eigenvalue weighted by Crippen LogP contribution is 2.28. The summed E-state index contributed by atoms with van der Waals surface area (Å²) in [6, 6.07) is 0.376. The maximum atomic E-state index is 10.7. The van der Waals surface area contributed by atoms with Crippen molar-refractivity contribution >= 4 is 21.8 Å². The van der Waals surface area contributed by atoms with E-state index in [1.165, 1.54) is 0 Å². The predicted molar refractivity (Wildman–Crippen MR) is 42.4 cm³/mol. The van der Waals surface area contributed by atoms with Crippen molar-refractivity contribution < 1.29 is 4.79 Å². The van der Waals surface area contributed by atoms with Crippen LogP contribution in [0.2, 0.25) is 0 Å². The van der Waals surface area contributed by atoms with Crippen LogP contribution in [0.1, 0.15) is 13.3 Å². The third kappa shape index (κ3) is 2.03. The molecular weight excluding hydrogens is 194 g/mol. The van der Waals surface area contributed by atoms with Gasteiger partial charge in [-0.25, -0.2) is 0 Å². The first kappa shape index (κ1) is 7.62. The summed E-state index contributed by atoms with van der Waals surface area (Å²) in [6.45, 7) is 2.10. The normalized spacial score (nSPS) is 28.2. The maximum Gasteiger partial charge on any atom is 0.296 e. The number of amides is 1. The zero-order chi connectivity index (χ0) is 7.56. The number of hydrogen-bond acceptors (Lipinski definition) is 1. The largest absolute Gasteiger partial charge is 0.342 e. The van der Waals surface area contributed by atoms with Gasteiger partial charge < -0.3 is 5.32 Å². The van der Waals surface area contributed by atoms with Crippen molar-refractivity contribution in [1.82, 2.24) is 5.32 Å². The van der Waals surface area contributed by atoms with E-state index in [9.17, 15) is 4.79 Å². The summed E-state index contributed by atoms with van der Waals surface area (Å²) < 4.78 is 0. The third-order valence-corrected chi connectivity index (χ3v) is 1.78. The monoisotopic (exact) mass is 201 g/mol. The first-order valence-electron chi connectivity index (χ1n) is 3.16. The summed E-state index contributed by atoms with van der Waals surface area (Å²) in [4.78, 5) is 13.1. The van der Waals surface area contributed by atoms with E-state index in [0.717, 1.165) is 6.42 Å². The van der Waals surface area contributed by atoms with Crippen molar-refractivity contribution in [2.75, 3.05) is 0 Å². The Bertz CT molecular complexity index is 203. The average Bonchev–Trinajstić information content (AvgIpc) is 2.47. The molecule has 0 spiro atoms. The molecule has 0 aromatic rings. The van der Waals surface area contributed by atoms with Gasteiger partial charge in [0.05, 0.1) is 0 Å². The van der Waals surface area contributed by atoms with Crippen LogP contribution in [0.5, 0.6) is 0 Å². The predicted octanol–water partition coefficient (Wildman–Crippen LogP) is 0.867. The second-order valence-electron chi connectivity index (χ2n) is 2.51. The van der Waals surface area contributed by atoms with E-state index in [2.05, 4.69) is 38.9 Å². The lowest BCUT2D eigenvalue weighted by Gasteiger charge is -1.93. The van der Waals surface area contributed by atoms with Gasteiger partial charge in [-0.1, -0.05) is 6.92 Å². The van der Waals surface area contributed by atoms with Crippen LogP contribution in [0, 0.1) is 16.7 Å². The van der Waals surface area contributed by atoms with Crippen molar-refractivity contribution in [2.45, 2.75) is 19.4 Å². The number of carbonyl (C=O) groups is 1. The van der Waals surface area contributed by atoms with Crippen LogP contribution in [0.3, 0.4) is 0 Å². The quantitative estimate of drug-likeness (QED) is 0.628. The number of hydrogen-bond donors (Lipinski definition) is 1. The van der Waals surface area contributed by atoms with Gasteiger partial charge in [0.2, 0.25) is 0 Å². The Labute approximate surface area is 68.5 Å². The molecule has 0 aliphatic heterocycles. The smallest absolute Gasteiger partial charge is 0.296 e. The number of halogens is 1. The molecule has 0 aromatic carbocycles. The molecule has 1 aliphatic rings. The fraction of sp³-hybridized carbons (Fsp3) is 0.571. The van der Waals surface area contributed by atoms with Crippen molar-refractivity contribution in [1.29, 1.82) is 0 Å². The van der Waals surface area contributed by atoms with Crippen molar-refractivity contribution in [3.8, 4) is 10.8 Å². The van der Waals surface area contributed by atoms with E-state index in [1.54, 1.807) is 0 Å². The Morgan fingerprint density at radius 3 is 2.80 bits per heavy atom. The van der Waals surface area contributed by atoms with Crippen molar-refractivity contribution in [3.05, 3.63) is 0 Å². The SMILES string of the molecule is CC1CC1NC(=O)C#CBr. The van der Waals surface area contributed by atoms with Gasteiger partial charge in [-0.05, 0) is 17.2 Å². The third-order valence-electron chi connectivity index (χ3n) is 1.59. The number of rotatable bonds is 1. The molecule has 0 bridgehead atoms. The van der Waals surface area contributed by atoms with E-state index >= 15 is 0 Å². The zero-order valence-electron chi connectivity index (χ0n) is 5.65. The molecule has 1 aliphatic carbocycles. The molecular formula is C7H8BrNO. The Morgan fingerprint density at radius 2 is 2.40 bits per heavy atom. The van der Waals surface area contributed by atoms with Gasteiger partial charge in [0.1, 0.15) is 0 Å². The van der Waals surface area contributed by atoms with Gasteiger partial charge in [0.15, 0.2) is 0 Å². The molecule has 54 valence electrons. The van der Waals surface area contributed by atoms with Crippen LogP contribution in [0.25, 0.3) is 0 Å². The van der Waals surface area contributed by atoms with Gasteiger partial charge >= 0.3 is 0 Å². The molecule has 0 heterocycles. The van der Waals surface area contributed by atoms with Crippen LogP contribution >= 0.6 is 15.9 Å². The minimum absolute atomic E-state index is 0.189. The minimum Gasteiger partial charge on any atom is -0.342 e. The van der Waals surface area contributed by atoms with Crippen molar-refractivity contribution in [3.63, 3.8) is 0 Å². The van der Waals surface area contributed by atoms with E-state index in [1.807, 2.05) is 0 Å². The topological polar surface area (TPSA) is 29.1 Å². The molecule has 2 nitrogen and oxygen atoms in total. The van der Waals surface area contributed by atoms with Gasteiger partial charge in [0.25, 0.3) is 5.91 Å². The Hall–Kier alpha value is -0.490. The van der Waals surface area contributed by atoms with Crippen molar-refractivity contribution in [2.24, 2.45) is 5.92 Å². The van der Waals surface area contributed by atoms with E-state index in [4.69, 9.17) is 0 Å². The molecule has 1 fully saturated rings. The molecule has 1 amide bonds. The molecule has 1 rings (SSSR count). The lowest BCUT2D eigenvalue weighted by atomic mass is 10.5. The fourth-order valence-electron chi connectivity index (χ4n) is 0.771. The molecule has 0 radical (unpaired) electrons. The Balaban J connectivity index is 2.24. The molecule has 10 heavy (non-hydrogen) atoms. The van der Waals surface area contributed by atoms with Gasteiger partial charge in [-0.2, -0.15) is 0 Å². The van der Waals surface area contributed by atoms with Crippen LogP contribution in [-0.4, -0.2) is 11.9 Å². The molecule has 3 heteroatoms. The second-order valence-corrected chi connectivity index (χ2v) is 2.91. The average molecular weight is 202 g/mol. The highest BCUT2D eigenvalue weighted by Gasteiger charge is 2.33. The summed E-state index contributed by atoms with van der Waals surface area (Å²) in [7, 11) is 0. The van der Waals surface area contributed by atoms with Crippen LogP contribution < -0.4 is 5.32 Å². The highest BCUT2D eigenvalue weighted by molar-refractivity contribution is 9.12. The second kappa shape index (κ2) is 3.07. The first-order valence-corrected chi connectivity index (χ1v) is 3.95. The Morgan fingerprint density at radius 1 is 1.80 bits per heavy atom. The minimum atomic E-state index is -0.189. The van der Waals surface area contributed by atoms with Gasteiger partial charge in [0, 0.05) is 27.9 Å². The summed E-state index contributed by atoms with van der Waals surface area (Å²) in [6.07, 6.45) is 1.09. The molecule has 2 atom stereocenters. The summed E-state index contributed by atoms with van der Waals surface area (Å²) >= 11 is 2.85. The fourth-order valence-corrected chi connectivity index (χ4v) is 0.951. The molecule has 0 saturated heterocycles. The standard InChI is InChI=1S/C7H8BrNO/c1-5-4-6(5)9-7(10)2-3-8/h5-6H,4H2,1H3,(H,9,10). The lowest BCUT2D eigenvalue weighted by molar-refractivity contribution is -0.115. The van der Waals surface area contributed by atoms with Crippen LogP contribution in [-0.2, 0) is 4.79 Å². The summed E-state index contributed by atoms with van der Waals surface area (Å²) in [5, 5.41) is 2.76. The van der Waals surface area contributed by atoms with E-state index < -0.39 is 0 Å². The Kier molecular flexibility index (Phi) is 2.34. The first-order chi connectivity index (χ1) is 4.74. The van der Waals surface area contributed by atoms with E-state index in [0.29, 0.717) is 12.0 Å². The summed E-state index contributed by atoms with van der Waals surface area (Å²) in [5.41, 5.74) is 0. The summed E-state index contributed by atoms with van der Waals surface area (Å²) in [5.74, 6) is 2.81. The molecule has 2 unspecified atom stereocenters. The highest BCUT2D eigenvalue weighted by atomic mass is 79.9. The number of carbonyl (C=O) groups excluding carboxylic acids is 1. The van der Waals surface area contributed by atoms with E-state index in [-0.39, 0.29) is 5.91 Å². The molecule has 1 saturated carbocycles. The van der Waals surface area contributed by atoms with Gasteiger partial charge in [-0.3, -0.25) is 4.79 Å². The molecule has 0 aromatic heterocycles. The maximum absolute atomic E-state index is 10.7. The van der Waals surface area contributed by atoms with Crippen LogP contribution in [0.4, 0.5) is 0 Å². The molecule has 1 N–H and O–H groups in total. The van der Waals surface area contributed by atoms with Crippen LogP contribution in [0.15, 0.2) is 0 Å².